The number of alkyl halides is 1. The van der Waals surface area contributed by atoms with E-state index < -0.39 is 40.1 Å². The molecule has 0 spiro atoms. The number of ketones is 2. The molecule has 0 aromatic carbocycles. The second-order valence-corrected chi connectivity index (χ2v) is 10.9. The Hall–Kier alpha value is -1.47. The van der Waals surface area contributed by atoms with E-state index in [1.807, 2.05) is 13.8 Å². The molecule has 32 heavy (non-hydrogen) atoms. The SMILES string of the molecule is CCC(=O)O[C@]1(C(=O)CS)[C@@H](C)C[C@H]2[C@@H]3CCC4=CC(=O)C=C[C@]4(C)C3(F)C(O)C[C@@]21C. The molecule has 0 bridgehead atoms. The van der Waals surface area contributed by atoms with Crippen LogP contribution in [-0.2, 0) is 19.1 Å². The van der Waals surface area contributed by atoms with Gasteiger partial charge < -0.3 is 9.84 Å². The first-order chi connectivity index (χ1) is 14.9. The Morgan fingerprint density at radius 2 is 2.00 bits per heavy atom. The molecule has 3 saturated carbocycles. The Kier molecular flexibility index (Phi) is 5.57. The molecule has 0 aromatic rings. The summed E-state index contributed by atoms with van der Waals surface area (Å²) >= 11 is 4.22. The highest BCUT2D eigenvalue weighted by Crippen LogP contribution is 2.71. The van der Waals surface area contributed by atoms with Gasteiger partial charge in [0, 0.05) is 29.1 Å². The minimum Gasteiger partial charge on any atom is -0.450 e. The lowest BCUT2D eigenvalue weighted by Gasteiger charge is -2.62. The molecule has 0 aromatic heterocycles. The fraction of sp³-hybridized carbons (Fsp3) is 0.720. The van der Waals surface area contributed by atoms with Crippen molar-refractivity contribution in [3.63, 3.8) is 0 Å². The van der Waals surface area contributed by atoms with Gasteiger partial charge in [-0.3, -0.25) is 14.4 Å². The van der Waals surface area contributed by atoms with Crippen molar-refractivity contribution in [3.05, 3.63) is 23.8 Å². The Balaban J connectivity index is 1.85. The molecule has 8 atom stereocenters. The van der Waals surface area contributed by atoms with E-state index in [-0.39, 0.29) is 42.0 Å². The van der Waals surface area contributed by atoms with Crippen LogP contribution in [0.2, 0.25) is 0 Å². The fourth-order valence-corrected chi connectivity index (χ4v) is 8.00. The molecule has 2 unspecified atom stereocenters. The normalized spacial score (nSPS) is 47.2. The number of carbonyl (C=O) groups is 3. The zero-order valence-corrected chi connectivity index (χ0v) is 20.1. The molecular weight excluding hydrogens is 431 g/mol. The molecule has 1 N–H and O–H groups in total. The quantitative estimate of drug-likeness (QED) is 0.489. The predicted octanol–water partition coefficient (Wildman–Crippen LogP) is 3.79. The maximum atomic E-state index is 17.2. The zero-order chi connectivity index (χ0) is 23.7. The third-order valence-electron chi connectivity index (χ3n) is 9.30. The van der Waals surface area contributed by atoms with Gasteiger partial charge in [0.2, 0.25) is 0 Å². The number of allylic oxidation sites excluding steroid dienone is 4. The van der Waals surface area contributed by atoms with Crippen LogP contribution in [-0.4, -0.2) is 45.8 Å². The number of aliphatic hydroxyl groups excluding tert-OH is 1. The lowest BCUT2D eigenvalue weighted by Crippen LogP contribution is -2.70. The van der Waals surface area contributed by atoms with Crippen LogP contribution in [0.25, 0.3) is 0 Å². The molecule has 0 amide bonds. The van der Waals surface area contributed by atoms with Gasteiger partial charge in [-0.2, -0.15) is 12.6 Å². The van der Waals surface area contributed by atoms with Gasteiger partial charge in [0.05, 0.1) is 11.9 Å². The average molecular weight is 465 g/mol. The number of fused-ring (bicyclic) bond motifs is 5. The van der Waals surface area contributed by atoms with Gasteiger partial charge in [0.1, 0.15) is 0 Å². The Bertz CT molecular complexity index is 929. The van der Waals surface area contributed by atoms with Gasteiger partial charge >= 0.3 is 5.97 Å². The lowest BCUT2D eigenvalue weighted by molar-refractivity contribution is -0.226. The van der Waals surface area contributed by atoms with Crippen molar-refractivity contribution in [2.24, 2.45) is 28.6 Å². The lowest BCUT2D eigenvalue weighted by atomic mass is 9.44. The summed E-state index contributed by atoms with van der Waals surface area (Å²) < 4.78 is 23.1. The zero-order valence-electron chi connectivity index (χ0n) is 19.2. The molecule has 7 heteroatoms. The second-order valence-electron chi connectivity index (χ2n) is 10.5. The summed E-state index contributed by atoms with van der Waals surface area (Å²) in [6, 6.07) is 0. The van der Waals surface area contributed by atoms with Crippen molar-refractivity contribution in [1.29, 1.82) is 0 Å². The smallest absolute Gasteiger partial charge is 0.306 e. The molecule has 3 fully saturated rings. The highest BCUT2D eigenvalue weighted by atomic mass is 32.1. The van der Waals surface area contributed by atoms with Crippen molar-refractivity contribution >= 4 is 30.2 Å². The van der Waals surface area contributed by atoms with E-state index in [2.05, 4.69) is 12.6 Å². The summed E-state index contributed by atoms with van der Waals surface area (Å²) in [5.41, 5.74) is -4.71. The van der Waals surface area contributed by atoms with Gasteiger partial charge in [-0.15, -0.1) is 0 Å². The summed E-state index contributed by atoms with van der Waals surface area (Å²) in [6.45, 7) is 7.20. The van der Waals surface area contributed by atoms with Crippen LogP contribution in [0.3, 0.4) is 0 Å². The topological polar surface area (TPSA) is 80.7 Å². The van der Waals surface area contributed by atoms with Crippen LogP contribution in [0.4, 0.5) is 4.39 Å². The van der Waals surface area contributed by atoms with Crippen LogP contribution in [0.5, 0.6) is 0 Å². The number of aliphatic hydroxyl groups is 1. The number of carbonyl (C=O) groups excluding carboxylic acids is 3. The molecular formula is C25H33FO5S. The number of hydrogen-bond acceptors (Lipinski definition) is 6. The van der Waals surface area contributed by atoms with Crippen LogP contribution < -0.4 is 0 Å². The summed E-state index contributed by atoms with van der Waals surface area (Å²) in [6.07, 6.45) is 4.80. The first-order valence-corrected chi connectivity index (χ1v) is 12.2. The standard InChI is InChI=1S/C25H33FO5S/c1-5-21(30)31-25(20(29)13-32)14(2)10-18-17-7-6-15-11-16(27)8-9-22(15,3)24(17,26)19(28)12-23(18,25)4/h8-9,11,14,17-19,28,32H,5-7,10,12-13H2,1-4H3/t14-,17-,18-,19?,22-,23-,24?,25-/m0/s1. The molecule has 4 rings (SSSR count). The van der Waals surface area contributed by atoms with E-state index >= 15 is 4.39 Å². The van der Waals surface area contributed by atoms with Crippen molar-refractivity contribution in [1.82, 2.24) is 0 Å². The minimum atomic E-state index is -1.98. The maximum absolute atomic E-state index is 17.2. The summed E-state index contributed by atoms with van der Waals surface area (Å²) in [4.78, 5) is 37.8. The second kappa shape index (κ2) is 7.52. The molecule has 176 valence electrons. The van der Waals surface area contributed by atoms with Crippen molar-refractivity contribution in [2.45, 2.75) is 77.2 Å². The summed E-state index contributed by atoms with van der Waals surface area (Å²) in [5.74, 6) is -2.14. The van der Waals surface area contributed by atoms with Gasteiger partial charge in [-0.1, -0.05) is 32.4 Å². The van der Waals surface area contributed by atoms with Gasteiger partial charge in [0.15, 0.2) is 22.8 Å². The highest BCUT2D eigenvalue weighted by molar-refractivity contribution is 7.81. The molecule has 4 aliphatic rings. The number of halogens is 1. The van der Waals surface area contributed by atoms with E-state index in [0.29, 0.717) is 24.8 Å². The molecule has 0 aliphatic heterocycles. The Morgan fingerprint density at radius 1 is 1.31 bits per heavy atom. The number of rotatable bonds is 4. The monoisotopic (exact) mass is 464 g/mol. The van der Waals surface area contributed by atoms with Crippen molar-refractivity contribution < 1.29 is 28.6 Å². The Labute approximate surface area is 194 Å². The fourth-order valence-electron chi connectivity index (χ4n) is 7.77. The largest absolute Gasteiger partial charge is 0.450 e. The van der Waals surface area contributed by atoms with E-state index in [1.54, 1.807) is 19.9 Å². The number of Topliss-reactive ketones (excluding diaryl/α,β-unsaturated/α-hetero) is 1. The molecule has 0 heterocycles. The summed E-state index contributed by atoms with van der Waals surface area (Å²) in [5, 5.41) is 11.4. The Morgan fingerprint density at radius 3 is 2.62 bits per heavy atom. The minimum absolute atomic E-state index is 0.00379. The first-order valence-electron chi connectivity index (χ1n) is 11.6. The van der Waals surface area contributed by atoms with E-state index in [9.17, 15) is 19.5 Å². The maximum Gasteiger partial charge on any atom is 0.306 e. The molecule has 0 radical (unpaired) electrons. The van der Waals surface area contributed by atoms with Gasteiger partial charge in [0.25, 0.3) is 0 Å². The van der Waals surface area contributed by atoms with Gasteiger partial charge in [-0.05, 0) is 50.7 Å². The third kappa shape index (κ3) is 2.70. The molecule has 5 nitrogen and oxygen atoms in total. The van der Waals surface area contributed by atoms with Crippen LogP contribution in [0.15, 0.2) is 23.8 Å². The van der Waals surface area contributed by atoms with Crippen LogP contribution >= 0.6 is 12.6 Å². The van der Waals surface area contributed by atoms with Crippen LogP contribution in [0, 0.1) is 28.6 Å². The van der Waals surface area contributed by atoms with Crippen molar-refractivity contribution in [3.8, 4) is 0 Å². The van der Waals surface area contributed by atoms with E-state index in [0.717, 1.165) is 0 Å². The number of hydrogen-bond donors (Lipinski definition) is 2. The van der Waals surface area contributed by atoms with Gasteiger partial charge in [-0.25, -0.2) is 4.39 Å². The third-order valence-corrected chi connectivity index (χ3v) is 9.59. The average Bonchev–Trinajstić information content (AvgIpc) is 2.96. The number of thiol groups is 1. The molecule has 4 aliphatic carbocycles. The summed E-state index contributed by atoms with van der Waals surface area (Å²) in [7, 11) is 0. The number of ether oxygens (including phenoxy) is 1. The van der Waals surface area contributed by atoms with Crippen LogP contribution in [0.1, 0.15) is 59.8 Å². The van der Waals surface area contributed by atoms with E-state index in [4.69, 9.17) is 4.74 Å². The van der Waals surface area contributed by atoms with Crippen molar-refractivity contribution in [2.75, 3.05) is 5.75 Å². The number of esters is 1. The predicted molar refractivity (Wildman–Crippen MR) is 121 cm³/mol. The molecule has 0 saturated heterocycles. The van der Waals surface area contributed by atoms with E-state index in [1.165, 1.54) is 12.2 Å². The highest BCUT2D eigenvalue weighted by Gasteiger charge is 2.77. The first kappa shape index (κ1) is 23.7.